The number of carbonyl (C=O) groups excluding carboxylic acids is 2. The Bertz CT molecular complexity index is 642. The van der Waals surface area contributed by atoms with Crippen LogP contribution in [-0.2, 0) is 4.79 Å². The number of urea groups is 1. The maximum atomic E-state index is 12.3. The number of nitro groups is 1. The second kappa shape index (κ2) is 4.17. The molecule has 0 aromatic heterocycles. The maximum Gasteiger partial charge on any atom is 0.329 e. The minimum atomic E-state index is -0.803. The molecule has 20 heavy (non-hydrogen) atoms. The van der Waals surface area contributed by atoms with E-state index in [1.165, 1.54) is 12.1 Å². The molecule has 104 valence electrons. The van der Waals surface area contributed by atoms with E-state index in [1.807, 2.05) is 0 Å². The highest BCUT2D eigenvalue weighted by molar-refractivity contribution is 6.36. The van der Waals surface area contributed by atoms with Crippen LogP contribution >= 0.6 is 11.6 Å². The summed E-state index contributed by atoms with van der Waals surface area (Å²) in [5, 5.41) is 13.3. The molecule has 1 aromatic carbocycles. The number of hydrogen-bond donors (Lipinski definition) is 1. The van der Waals surface area contributed by atoms with E-state index in [0.29, 0.717) is 12.8 Å². The average molecular weight is 296 g/mol. The number of amides is 3. The Morgan fingerprint density at radius 3 is 2.50 bits per heavy atom. The second-order valence-corrected chi connectivity index (χ2v) is 5.31. The summed E-state index contributed by atoms with van der Waals surface area (Å²) in [5.74, 6) is -0.343. The van der Waals surface area contributed by atoms with Crippen molar-refractivity contribution in [3.63, 3.8) is 0 Å². The van der Waals surface area contributed by atoms with Gasteiger partial charge in [0.25, 0.3) is 11.6 Å². The van der Waals surface area contributed by atoms with E-state index in [9.17, 15) is 19.7 Å². The minimum absolute atomic E-state index is 0.000858. The lowest BCUT2D eigenvalue weighted by Gasteiger charge is -2.34. The molecule has 7 nitrogen and oxygen atoms in total. The van der Waals surface area contributed by atoms with E-state index in [4.69, 9.17) is 11.6 Å². The molecule has 2 fully saturated rings. The fraction of sp³-hybridized carbons (Fsp3) is 0.333. The van der Waals surface area contributed by atoms with Crippen molar-refractivity contribution >= 4 is 34.9 Å². The number of anilines is 1. The van der Waals surface area contributed by atoms with Crippen LogP contribution in [0.25, 0.3) is 0 Å². The van der Waals surface area contributed by atoms with E-state index in [2.05, 4.69) is 5.32 Å². The molecule has 1 spiro atoms. The highest BCUT2D eigenvalue weighted by atomic mass is 35.5. The molecule has 1 saturated heterocycles. The van der Waals surface area contributed by atoms with E-state index >= 15 is 0 Å². The van der Waals surface area contributed by atoms with E-state index in [0.717, 1.165) is 17.4 Å². The van der Waals surface area contributed by atoms with Gasteiger partial charge in [-0.2, -0.15) is 0 Å². The second-order valence-electron chi connectivity index (χ2n) is 4.90. The van der Waals surface area contributed by atoms with Gasteiger partial charge in [-0.05, 0) is 25.3 Å². The van der Waals surface area contributed by atoms with Gasteiger partial charge in [-0.25, -0.2) is 9.69 Å². The van der Waals surface area contributed by atoms with Gasteiger partial charge in [0.2, 0.25) is 0 Å². The summed E-state index contributed by atoms with van der Waals surface area (Å²) >= 11 is 5.96. The van der Waals surface area contributed by atoms with E-state index in [1.54, 1.807) is 0 Å². The number of halogens is 1. The molecule has 8 heteroatoms. The van der Waals surface area contributed by atoms with Crippen LogP contribution in [0.5, 0.6) is 0 Å². The Labute approximate surface area is 118 Å². The zero-order valence-corrected chi connectivity index (χ0v) is 11.0. The monoisotopic (exact) mass is 295 g/mol. The van der Waals surface area contributed by atoms with Crippen molar-refractivity contribution < 1.29 is 14.5 Å². The molecule has 1 saturated carbocycles. The van der Waals surface area contributed by atoms with Crippen LogP contribution in [0.15, 0.2) is 18.2 Å². The molecule has 0 unspecified atom stereocenters. The third-order valence-corrected chi connectivity index (χ3v) is 4.05. The molecule has 1 heterocycles. The first-order valence-electron chi connectivity index (χ1n) is 6.05. The minimum Gasteiger partial charge on any atom is -0.323 e. The number of nitrogens with zero attached hydrogens (tertiary/aromatic N) is 2. The number of imide groups is 1. The van der Waals surface area contributed by atoms with Gasteiger partial charge in [0.15, 0.2) is 0 Å². The summed E-state index contributed by atoms with van der Waals surface area (Å²) in [7, 11) is 0. The van der Waals surface area contributed by atoms with Gasteiger partial charge < -0.3 is 5.32 Å². The molecule has 0 radical (unpaired) electrons. The third-order valence-electron chi connectivity index (χ3n) is 3.75. The fourth-order valence-electron chi connectivity index (χ4n) is 2.50. The van der Waals surface area contributed by atoms with E-state index in [-0.39, 0.29) is 22.3 Å². The lowest BCUT2D eigenvalue weighted by molar-refractivity contribution is -0.384. The topological polar surface area (TPSA) is 92.6 Å². The van der Waals surface area contributed by atoms with Crippen molar-refractivity contribution in [1.82, 2.24) is 5.32 Å². The number of carbonyl (C=O) groups is 2. The average Bonchev–Trinajstić information content (AvgIpc) is 2.61. The first-order valence-corrected chi connectivity index (χ1v) is 6.43. The summed E-state index contributed by atoms with van der Waals surface area (Å²) in [5.41, 5.74) is -0.824. The van der Waals surface area contributed by atoms with Crippen LogP contribution in [0.4, 0.5) is 16.2 Å². The summed E-state index contributed by atoms with van der Waals surface area (Å²) in [6.07, 6.45) is 2.10. The van der Waals surface area contributed by atoms with E-state index < -0.39 is 16.5 Å². The molecule has 1 aliphatic heterocycles. The Morgan fingerprint density at radius 2 is 2.05 bits per heavy atom. The third kappa shape index (κ3) is 1.66. The molecule has 3 rings (SSSR count). The predicted octanol–water partition coefficient (Wildman–Crippen LogP) is 2.23. The standard InChI is InChI=1S/C12H10ClN3O4/c13-8-6-7(16(19)20)2-3-9(8)15-10(17)12(4-1-5-12)14-11(15)18/h2-3,6H,1,4-5H2,(H,14,18). The van der Waals surface area contributed by atoms with Gasteiger partial charge >= 0.3 is 6.03 Å². The summed E-state index contributed by atoms with van der Waals surface area (Å²) in [6, 6.07) is 3.12. The molecular formula is C12H10ClN3O4. The highest BCUT2D eigenvalue weighted by Crippen LogP contribution is 2.41. The number of benzene rings is 1. The molecule has 2 aliphatic rings. The quantitative estimate of drug-likeness (QED) is 0.514. The van der Waals surface area contributed by atoms with Gasteiger partial charge in [-0.1, -0.05) is 11.6 Å². The molecule has 1 N–H and O–H groups in total. The van der Waals surface area contributed by atoms with Crippen LogP contribution in [0.3, 0.4) is 0 Å². The zero-order chi connectivity index (χ0) is 14.5. The first kappa shape index (κ1) is 12.9. The number of nitrogens with one attached hydrogen (secondary N) is 1. The van der Waals surface area contributed by atoms with Gasteiger partial charge in [0.1, 0.15) is 5.54 Å². The van der Waals surface area contributed by atoms with Crippen LogP contribution in [0, 0.1) is 10.1 Å². The normalized spacial score (nSPS) is 19.9. The Hall–Kier alpha value is -2.15. The van der Waals surface area contributed by atoms with Gasteiger partial charge in [0, 0.05) is 12.1 Å². The van der Waals surface area contributed by atoms with Crippen LogP contribution < -0.4 is 10.2 Å². The van der Waals surface area contributed by atoms with Crippen molar-refractivity contribution in [3.05, 3.63) is 33.3 Å². The summed E-state index contributed by atoms with van der Waals surface area (Å²) in [6.45, 7) is 0. The Kier molecular flexibility index (Phi) is 2.68. The van der Waals surface area contributed by atoms with Crippen LogP contribution in [-0.4, -0.2) is 22.4 Å². The largest absolute Gasteiger partial charge is 0.329 e. The van der Waals surface area contributed by atoms with Crippen molar-refractivity contribution in [3.8, 4) is 0 Å². The Morgan fingerprint density at radius 1 is 1.35 bits per heavy atom. The predicted molar refractivity (Wildman–Crippen MR) is 70.7 cm³/mol. The lowest BCUT2D eigenvalue weighted by atomic mass is 9.77. The van der Waals surface area contributed by atoms with Crippen molar-refractivity contribution in [1.29, 1.82) is 0 Å². The maximum absolute atomic E-state index is 12.3. The smallest absolute Gasteiger partial charge is 0.323 e. The van der Waals surface area contributed by atoms with Gasteiger partial charge in [-0.15, -0.1) is 0 Å². The molecule has 0 atom stereocenters. The number of hydrogen-bond acceptors (Lipinski definition) is 4. The fourth-order valence-corrected chi connectivity index (χ4v) is 2.76. The van der Waals surface area contributed by atoms with Crippen molar-refractivity contribution in [2.45, 2.75) is 24.8 Å². The molecule has 0 bridgehead atoms. The highest BCUT2D eigenvalue weighted by Gasteiger charge is 2.55. The zero-order valence-electron chi connectivity index (χ0n) is 10.3. The lowest BCUT2D eigenvalue weighted by Crippen LogP contribution is -2.52. The molecule has 1 aliphatic carbocycles. The van der Waals surface area contributed by atoms with Crippen LogP contribution in [0.2, 0.25) is 5.02 Å². The number of nitro benzene ring substituents is 1. The SMILES string of the molecule is O=C1NC2(CCC2)C(=O)N1c1ccc([N+](=O)[O-])cc1Cl. The van der Waals surface area contributed by atoms with Gasteiger partial charge in [-0.3, -0.25) is 14.9 Å². The molecule has 1 aromatic rings. The first-order chi connectivity index (χ1) is 9.44. The molecular weight excluding hydrogens is 286 g/mol. The van der Waals surface area contributed by atoms with Crippen molar-refractivity contribution in [2.75, 3.05) is 4.90 Å². The van der Waals surface area contributed by atoms with Crippen molar-refractivity contribution in [2.24, 2.45) is 0 Å². The number of non-ortho nitro benzene ring substituents is 1. The van der Waals surface area contributed by atoms with Gasteiger partial charge in [0.05, 0.1) is 15.6 Å². The van der Waals surface area contributed by atoms with Crippen LogP contribution in [0.1, 0.15) is 19.3 Å². The summed E-state index contributed by atoms with van der Waals surface area (Å²) in [4.78, 5) is 35.3. The Balaban J connectivity index is 1.99. The summed E-state index contributed by atoms with van der Waals surface area (Å²) < 4.78 is 0. The number of rotatable bonds is 2. The molecule has 3 amide bonds.